The fourth-order valence-electron chi connectivity index (χ4n) is 3.92. The molecule has 0 aliphatic heterocycles. The second-order valence-corrected chi connectivity index (χ2v) is 8.30. The molecule has 7 heteroatoms. The maximum absolute atomic E-state index is 12.6. The van der Waals surface area contributed by atoms with Gasteiger partial charge in [0.05, 0.1) is 38.2 Å². The molecule has 3 aromatic carbocycles. The number of carbonyl (C=O) groups excluding carboxylic acids is 1. The smallest absolute Gasteiger partial charge is 0.310 e. The van der Waals surface area contributed by atoms with Crippen LogP contribution in [0.15, 0.2) is 70.7 Å². The molecule has 0 spiro atoms. The Balaban J connectivity index is 1.31. The van der Waals surface area contributed by atoms with Crippen LogP contribution in [0.5, 0.6) is 11.5 Å². The van der Waals surface area contributed by atoms with Crippen molar-refractivity contribution < 1.29 is 23.4 Å². The quantitative estimate of drug-likeness (QED) is 0.278. The van der Waals surface area contributed by atoms with E-state index in [0.29, 0.717) is 17.2 Å². The molecule has 0 saturated carbocycles. The number of hydrogen-bond donors (Lipinski definition) is 0. The molecule has 166 valence electrons. The Hall–Kier alpha value is -3.84. The van der Waals surface area contributed by atoms with Crippen molar-refractivity contribution in [2.75, 3.05) is 14.2 Å². The van der Waals surface area contributed by atoms with Gasteiger partial charge in [-0.05, 0) is 29.0 Å². The monoisotopic (exact) mass is 459 g/mol. The lowest BCUT2D eigenvalue weighted by Gasteiger charge is -2.10. The normalized spacial score (nSPS) is 11.1. The molecule has 0 amide bonds. The zero-order valence-electron chi connectivity index (χ0n) is 18.2. The highest BCUT2D eigenvalue weighted by Gasteiger charge is 2.17. The van der Waals surface area contributed by atoms with Crippen molar-refractivity contribution in [2.24, 2.45) is 0 Å². The van der Waals surface area contributed by atoms with Gasteiger partial charge in [0.1, 0.15) is 17.2 Å². The number of benzene rings is 3. The molecular formula is C26H21NO5S. The highest BCUT2D eigenvalue weighted by Crippen LogP contribution is 2.39. The third kappa shape index (κ3) is 4.03. The number of fused-ring (bicyclic) bond motifs is 3. The van der Waals surface area contributed by atoms with Gasteiger partial charge in [0.25, 0.3) is 0 Å². The van der Waals surface area contributed by atoms with Crippen LogP contribution in [0.25, 0.3) is 32.3 Å². The number of carbonyl (C=O) groups is 1. The first-order valence-electron chi connectivity index (χ1n) is 10.4. The van der Waals surface area contributed by atoms with Crippen LogP contribution in [0.1, 0.15) is 11.3 Å². The van der Waals surface area contributed by atoms with Crippen LogP contribution in [0.3, 0.4) is 0 Å². The number of nitrogens with zero attached hydrogens (tertiary/aromatic N) is 1. The van der Waals surface area contributed by atoms with Gasteiger partial charge in [0, 0.05) is 16.3 Å². The number of methoxy groups -OCH3 is 2. The van der Waals surface area contributed by atoms with E-state index < -0.39 is 0 Å². The number of furan rings is 1. The van der Waals surface area contributed by atoms with Crippen molar-refractivity contribution in [1.82, 2.24) is 4.98 Å². The third-order valence-electron chi connectivity index (χ3n) is 5.44. The molecule has 0 bridgehead atoms. The van der Waals surface area contributed by atoms with Crippen molar-refractivity contribution in [3.8, 4) is 22.1 Å². The van der Waals surface area contributed by atoms with E-state index in [1.165, 1.54) is 11.3 Å². The van der Waals surface area contributed by atoms with Crippen LogP contribution in [-0.2, 0) is 22.6 Å². The van der Waals surface area contributed by atoms with Gasteiger partial charge < -0.3 is 18.6 Å². The summed E-state index contributed by atoms with van der Waals surface area (Å²) in [4.78, 5) is 17.2. The molecule has 0 atom stereocenters. The molecule has 0 saturated heterocycles. The van der Waals surface area contributed by atoms with Crippen LogP contribution in [-0.4, -0.2) is 25.2 Å². The van der Waals surface area contributed by atoms with E-state index in [9.17, 15) is 4.79 Å². The maximum atomic E-state index is 12.6. The van der Waals surface area contributed by atoms with Crippen molar-refractivity contribution in [3.05, 3.63) is 77.5 Å². The van der Waals surface area contributed by atoms with Crippen LogP contribution >= 0.6 is 11.3 Å². The molecule has 0 N–H and O–H groups in total. The van der Waals surface area contributed by atoms with E-state index in [2.05, 4.69) is 4.98 Å². The average molecular weight is 460 g/mol. The molecule has 33 heavy (non-hydrogen) atoms. The third-order valence-corrected chi connectivity index (χ3v) is 6.37. The molecule has 5 rings (SSSR count). The van der Waals surface area contributed by atoms with E-state index in [4.69, 9.17) is 18.6 Å². The molecule has 6 nitrogen and oxygen atoms in total. The van der Waals surface area contributed by atoms with E-state index in [-0.39, 0.29) is 19.0 Å². The summed E-state index contributed by atoms with van der Waals surface area (Å²) < 4.78 is 22.1. The Morgan fingerprint density at radius 1 is 1.03 bits per heavy atom. The maximum Gasteiger partial charge on any atom is 0.310 e. The predicted octanol–water partition coefficient (Wildman–Crippen LogP) is 6.01. The fourth-order valence-corrected chi connectivity index (χ4v) is 4.74. The summed E-state index contributed by atoms with van der Waals surface area (Å²) in [6.07, 6.45) is 1.76. The number of thiazole rings is 1. The Kier molecular flexibility index (Phi) is 5.71. The van der Waals surface area contributed by atoms with E-state index in [1.807, 2.05) is 60.0 Å². The molecule has 0 radical (unpaired) electrons. The Morgan fingerprint density at radius 3 is 2.76 bits per heavy atom. The standard InChI is InChI=1S/C26H21NO5S/c1-29-22-9-5-8-20(25(22)30-2)26-27-18(15-33-26)14-32-23(28)12-17-13-31-21-11-10-16-6-3-4-7-19(16)24(17)21/h3-11,13,15H,12,14H2,1-2H3. The minimum atomic E-state index is -0.334. The second-order valence-electron chi connectivity index (χ2n) is 7.44. The van der Waals surface area contributed by atoms with Crippen LogP contribution in [0, 0.1) is 0 Å². The number of hydrogen-bond acceptors (Lipinski definition) is 7. The Morgan fingerprint density at radius 2 is 1.91 bits per heavy atom. The summed E-state index contributed by atoms with van der Waals surface area (Å²) in [6.45, 7) is 0.0954. The van der Waals surface area contributed by atoms with Crippen LogP contribution in [0.4, 0.5) is 0 Å². The average Bonchev–Trinajstić information content (AvgIpc) is 3.49. The van der Waals surface area contributed by atoms with E-state index >= 15 is 0 Å². The summed E-state index contributed by atoms with van der Waals surface area (Å²) in [7, 11) is 3.20. The molecule has 2 aromatic heterocycles. The zero-order chi connectivity index (χ0) is 22.8. The minimum absolute atomic E-state index is 0.0954. The number of ether oxygens (including phenoxy) is 3. The van der Waals surface area contributed by atoms with E-state index in [0.717, 1.165) is 37.9 Å². The van der Waals surface area contributed by atoms with Gasteiger partial charge in [-0.25, -0.2) is 4.98 Å². The summed E-state index contributed by atoms with van der Waals surface area (Å²) in [5.74, 6) is 0.925. The summed E-state index contributed by atoms with van der Waals surface area (Å²) in [5.41, 5.74) is 3.08. The minimum Gasteiger partial charge on any atom is -0.493 e. The van der Waals surface area contributed by atoms with E-state index in [1.54, 1.807) is 20.5 Å². The van der Waals surface area contributed by atoms with Crippen molar-refractivity contribution in [1.29, 1.82) is 0 Å². The lowest BCUT2D eigenvalue weighted by Crippen LogP contribution is -2.08. The largest absolute Gasteiger partial charge is 0.493 e. The van der Waals surface area contributed by atoms with Crippen molar-refractivity contribution in [2.45, 2.75) is 13.0 Å². The lowest BCUT2D eigenvalue weighted by atomic mass is 10.0. The Bertz CT molecular complexity index is 1450. The lowest BCUT2D eigenvalue weighted by molar-refractivity contribution is -0.144. The summed E-state index contributed by atoms with van der Waals surface area (Å²) in [5, 5.41) is 5.75. The van der Waals surface area contributed by atoms with Gasteiger partial charge in [0.2, 0.25) is 0 Å². The molecule has 0 unspecified atom stereocenters. The van der Waals surface area contributed by atoms with Crippen LogP contribution < -0.4 is 9.47 Å². The number of aromatic nitrogens is 1. The first-order valence-corrected chi connectivity index (χ1v) is 11.2. The van der Waals surface area contributed by atoms with Crippen molar-refractivity contribution >= 4 is 39.0 Å². The molecule has 0 aliphatic rings. The molecule has 5 aromatic rings. The number of para-hydroxylation sites is 1. The van der Waals surface area contributed by atoms with Crippen molar-refractivity contribution in [3.63, 3.8) is 0 Å². The van der Waals surface area contributed by atoms with Gasteiger partial charge in [-0.1, -0.05) is 36.4 Å². The van der Waals surface area contributed by atoms with Gasteiger partial charge in [-0.2, -0.15) is 0 Å². The van der Waals surface area contributed by atoms with Gasteiger partial charge in [-0.15, -0.1) is 11.3 Å². The highest BCUT2D eigenvalue weighted by atomic mass is 32.1. The molecule has 2 heterocycles. The molecular weight excluding hydrogens is 438 g/mol. The van der Waals surface area contributed by atoms with Gasteiger partial charge in [0.15, 0.2) is 11.5 Å². The first kappa shape index (κ1) is 21.0. The Labute approximate surface area is 194 Å². The summed E-state index contributed by atoms with van der Waals surface area (Å²) >= 11 is 1.46. The van der Waals surface area contributed by atoms with Crippen LogP contribution in [0.2, 0.25) is 0 Å². The SMILES string of the molecule is COc1cccc(-c2nc(COC(=O)Cc3coc4ccc5ccccc5c34)cs2)c1OC. The predicted molar refractivity (Wildman–Crippen MR) is 128 cm³/mol. The zero-order valence-corrected chi connectivity index (χ0v) is 19.0. The van der Waals surface area contributed by atoms with Gasteiger partial charge >= 0.3 is 5.97 Å². The fraction of sp³-hybridized carbons (Fsp3) is 0.154. The highest BCUT2D eigenvalue weighted by molar-refractivity contribution is 7.13. The molecule has 0 fully saturated rings. The first-order chi connectivity index (χ1) is 16.2. The molecule has 0 aliphatic carbocycles. The summed E-state index contributed by atoms with van der Waals surface area (Å²) in [6, 6.07) is 17.6. The second kappa shape index (κ2) is 8.96. The number of esters is 1. The van der Waals surface area contributed by atoms with Gasteiger partial charge in [-0.3, -0.25) is 4.79 Å². The topological polar surface area (TPSA) is 70.8 Å². The number of rotatable bonds is 7.